The van der Waals surface area contributed by atoms with E-state index in [-0.39, 0.29) is 23.6 Å². The lowest BCUT2D eigenvalue weighted by Crippen LogP contribution is -2.10. The zero-order valence-electron chi connectivity index (χ0n) is 10.8. The van der Waals surface area contributed by atoms with Crippen LogP contribution in [-0.2, 0) is 0 Å². The molecule has 6 heteroatoms. The predicted octanol–water partition coefficient (Wildman–Crippen LogP) is 3.14. The number of hydrogen-bond acceptors (Lipinski definition) is 4. The van der Waals surface area contributed by atoms with Crippen LogP contribution in [0.15, 0.2) is 48.7 Å². The Labute approximate surface area is 119 Å². The van der Waals surface area contributed by atoms with Crippen LogP contribution in [0, 0.1) is 0 Å². The quantitative estimate of drug-likeness (QED) is 0.606. The lowest BCUT2D eigenvalue weighted by atomic mass is 10.0. The second kappa shape index (κ2) is 6.69. The molecular formula is C15H11F2NO3. The highest BCUT2D eigenvalue weighted by Crippen LogP contribution is 2.14. The van der Waals surface area contributed by atoms with Gasteiger partial charge in [-0.3, -0.25) is 9.59 Å². The third kappa shape index (κ3) is 4.17. The van der Waals surface area contributed by atoms with E-state index >= 15 is 0 Å². The molecule has 0 saturated heterocycles. The van der Waals surface area contributed by atoms with E-state index in [1.807, 2.05) is 0 Å². The van der Waals surface area contributed by atoms with Gasteiger partial charge in [0.05, 0.1) is 12.6 Å². The minimum absolute atomic E-state index is 0.0286. The molecule has 0 aliphatic carbocycles. The predicted molar refractivity (Wildman–Crippen MR) is 70.6 cm³/mol. The standard InChI is InChI=1S/C15H11F2NO3/c16-15(17)21-11-6-7-12(18-9-11)14(20)8-13(19)10-4-2-1-3-5-10/h1-7,9,15H,8H2. The van der Waals surface area contributed by atoms with E-state index in [1.54, 1.807) is 30.3 Å². The summed E-state index contributed by atoms with van der Waals surface area (Å²) in [4.78, 5) is 27.5. The van der Waals surface area contributed by atoms with Gasteiger partial charge in [0.2, 0.25) is 0 Å². The van der Waals surface area contributed by atoms with Crippen molar-refractivity contribution in [2.24, 2.45) is 0 Å². The monoisotopic (exact) mass is 291 g/mol. The van der Waals surface area contributed by atoms with Crippen molar-refractivity contribution in [1.29, 1.82) is 0 Å². The first-order valence-corrected chi connectivity index (χ1v) is 6.08. The fourth-order valence-electron chi connectivity index (χ4n) is 1.68. The van der Waals surface area contributed by atoms with Gasteiger partial charge in [-0.05, 0) is 12.1 Å². The molecule has 0 N–H and O–H groups in total. The number of alkyl halides is 2. The third-order valence-electron chi connectivity index (χ3n) is 2.66. The number of nitrogens with zero attached hydrogens (tertiary/aromatic N) is 1. The molecule has 4 nitrogen and oxygen atoms in total. The smallest absolute Gasteiger partial charge is 0.387 e. The van der Waals surface area contributed by atoms with Gasteiger partial charge in [-0.1, -0.05) is 30.3 Å². The Balaban J connectivity index is 2.02. The number of carbonyl (C=O) groups is 2. The minimum atomic E-state index is -2.95. The fraction of sp³-hybridized carbons (Fsp3) is 0.133. The van der Waals surface area contributed by atoms with Crippen molar-refractivity contribution in [3.8, 4) is 5.75 Å². The van der Waals surface area contributed by atoms with Gasteiger partial charge >= 0.3 is 6.61 Å². The maximum absolute atomic E-state index is 12.0. The first-order chi connectivity index (χ1) is 10.1. The highest BCUT2D eigenvalue weighted by atomic mass is 19.3. The van der Waals surface area contributed by atoms with Crippen molar-refractivity contribution in [1.82, 2.24) is 4.98 Å². The van der Waals surface area contributed by atoms with Gasteiger partial charge in [0, 0.05) is 5.56 Å². The Morgan fingerprint density at radius 3 is 2.33 bits per heavy atom. The summed E-state index contributed by atoms with van der Waals surface area (Å²) in [6, 6.07) is 10.9. The number of rotatable bonds is 6. The van der Waals surface area contributed by atoms with Crippen LogP contribution < -0.4 is 4.74 Å². The Kier molecular flexibility index (Phi) is 4.71. The van der Waals surface area contributed by atoms with E-state index in [4.69, 9.17) is 0 Å². The number of hydrogen-bond donors (Lipinski definition) is 0. The lowest BCUT2D eigenvalue weighted by Gasteiger charge is -2.04. The summed E-state index contributed by atoms with van der Waals surface area (Å²) < 4.78 is 28.1. The van der Waals surface area contributed by atoms with E-state index < -0.39 is 12.4 Å². The van der Waals surface area contributed by atoms with E-state index in [0.717, 1.165) is 6.20 Å². The summed E-state index contributed by atoms with van der Waals surface area (Å²) in [5.41, 5.74) is 0.462. The Morgan fingerprint density at radius 1 is 1.05 bits per heavy atom. The molecule has 0 unspecified atom stereocenters. The SMILES string of the molecule is O=C(CC(=O)c1ccc(OC(F)F)cn1)c1ccccc1. The summed E-state index contributed by atoms with van der Waals surface area (Å²) in [5.74, 6) is -0.946. The minimum Gasteiger partial charge on any atom is -0.433 e. The molecule has 1 aromatic carbocycles. The van der Waals surface area contributed by atoms with Crippen LogP contribution in [-0.4, -0.2) is 23.2 Å². The zero-order valence-corrected chi connectivity index (χ0v) is 10.8. The van der Waals surface area contributed by atoms with E-state index in [9.17, 15) is 18.4 Å². The molecular weight excluding hydrogens is 280 g/mol. The summed E-state index contributed by atoms with van der Waals surface area (Å²) in [6.45, 7) is -2.95. The molecule has 21 heavy (non-hydrogen) atoms. The van der Waals surface area contributed by atoms with Gasteiger partial charge in [0.1, 0.15) is 11.4 Å². The van der Waals surface area contributed by atoms with Gasteiger partial charge in [-0.15, -0.1) is 0 Å². The topological polar surface area (TPSA) is 56.3 Å². The van der Waals surface area contributed by atoms with Crippen LogP contribution in [0.4, 0.5) is 8.78 Å². The van der Waals surface area contributed by atoms with E-state index in [2.05, 4.69) is 9.72 Å². The number of benzene rings is 1. The normalized spacial score (nSPS) is 10.4. The number of pyridine rings is 1. The van der Waals surface area contributed by atoms with Gasteiger partial charge in [0.25, 0.3) is 0 Å². The van der Waals surface area contributed by atoms with Crippen LogP contribution in [0.2, 0.25) is 0 Å². The van der Waals surface area contributed by atoms with Crippen LogP contribution >= 0.6 is 0 Å². The molecule has 1 aromatic heterocycles. The van der Waals surface area contributed by atoms with Gasteiger partial charge in [-0.2, -0.15) is 8.78 Å². The summed E-state index contributed by atoms with van der Waals surface area (Å²) in [6.07, 6.45) is 0.693. The Morgan fingerprint density at radius 2 is 1.76 bits per heavy atom. The fourth-order valence-corrected chi connectivity index (χ4v) is 1.68. The molecule has 0 amide bonds. The highest BCUT2D eigenvalue weighted by molar-refractivity contribution is 6.12. The van der Waals surface area contributed by atoms with Crippen molar-refractivity contribution in [2.75, 3.05) is 0 Å². The second-order valence-electron chi connectivity index (χ2n) is 4.15. The molecule has 2 aromatic rings. The number of aromatic nitrogens is 1. The maximum Gasteiger partial charge on any atom is 0.387 e. The number of halogens is 2. The number of ether oxygens (including phenoxy) is 1. The second-order valence-corrected chi connectivity index (χ2v) is 4.15. The molecule has 0 atom stereocenters. The first kappa shape index (κ1) is 14.8. The maximum atomic E-state index is 12.0. The molecule has 0 aliphatic rings. The van der Waals surface area contributed by atoms with Crippen LogP contribution in [0.25, 0.3) is 0 Å². The molecule has 2 rings (SSSR count). The van der Waals surface area contributed by atoms with Crippen LogP contribution in [0.5, 0.6) is 5.75 Å². The largest absolute Gasteiger partial charge is 0.433 e. The first-order valence-electron chi connectivity index (χ1n) is 6.08. The van der Waals surface area contributed by atoms with Gasteiger partial charge < -0.3 is 4.74 Å². The molecule has 0 fully saturated rings. The summed E-state index contributed by atoms with van der Waals surface area (Å²) >= 11 is 0. The third-order valence-corrected chi connectivity index (χ3v) is 2.66. The van der Waals surface area contributed by atoms with Crippen molar-refractivity contribution in [3.63, 3.8) is 0 Å². The average molecular weight is 291 g/mol. The molecule has 0 saturated carbocycles. The number of Topliss-reactive ketones (excluding diaryl/α,β-unsaturated/α-hetero) is 2. The molecule has 0 aliphatic heterocycles. The molecule has 1 heterocycles. The van der Waals surface area contributed by atoms with Crippen LogP contribution in [0.1, 0.15) is 27.3 Å². The molecule has 0 spiro atoms. The highest BCUT2D eigenvalue weighted by Gasteiger charge is 2.15. The molecule has 108 valence electrons. The molecule has 0 radical (unpaired) electrons. The number of carbonyl (C=O) groups excluding carboxylic acids is 2. The average Bonchev–Trinajstić information content (AvgIpc) is 2.48. The van der Waals surface area contributed by atoms with Crippen molar-refractivity contribution >= 4 is 11.6 Å². The lowest BCUT2D eigenvalue weighted by molar-refractivity contribution is -0.0500. The van der Waals surface area contributed by atoms with Crippen molar-refractivity contribution < 1.29 is 23.1 Å². The van der Waals surface area contributed by atoms with Gasteiger partial charge in [-0.25, -0.2) is 4.98 Å². The van der Waals surface area contributed by atoms with Crippen LogP contribution in [0.3, 0.4) is 0 Å². The van der Waals surface area contributed by atoms with E-state index in [1.165, 1.54) is 12.1 Å². The zero-order chi connectivity index (χ0) is 15.2. The number of ketones is 2. The Bertz CT molecular complexity index is 627. The van der Waals surface area contributed by atoms with E-state index in [0.29, 0.717) is 5.56 Å². The van der Waals surface area contributed by atoms with Gasteiger partial charge in [0.15, 0.2) is 11.6 Å². The van der Waals surface area contributed by atoms with Crippen molar-refractivity contribution in [3.05, 3.63) is 59.9 Å². The Hall–Kier alpha value is -2.63. The summed E-state index contributed by atoms with van der Waals surface area (Å²) in [5, 5.41) is 0. The molecule has 0 bridgehead atoms. The van der Waals surface area contributed by atoms with Crippen molar-refractivity contribution in [2.45, 2.75) is 13.0 Å². The summed E-state index contributed by atoms with van der Waals surface area (Å²) in [7, 11) is 0.